The van der Waals surface area contributed by atoms with Gasteiger partial charge in [0.05, 0.1) is 19.2 Å². The molecule has 0 aliphatic rings. The Morgan fingerprint density at radius 3 is 2.67 bits per heavy atom. The standard InChI is InChI=1S/C21H20BrN5O3/c1-4-30-20(28)12(2)23-21-24-17-15(6-5-7-16(17)22)19-25-18(26-27(19)21)13-8-10-14(29-3)11-9-13/h5-12H,4H2,1-3H3,(H,23,24)/t12-/m1/s1. The number of nitrogens with one attached hydrogen (secondary N) is 1. The zero-order chi connectivity index (χ0) is 21.3. The van der Waals surface area contributed by atoms with E-state index in [0.717, 1.165) is 26.7 Å². The highest BCUT2D eigenvalue weighted by atomic mass is 79.9. The van der Waals surface area contributed by atoms with Crippen molar-refractivity contribution in [3.8, 4) is 17.1 Å². The summed E-state index contributed by atoms with van der Waals surface area (Å²) in [5.74, 6) is 1.33. The number of carbonyl (C=O) groups is 1. The molecule has 9 heteroatoms. The first-order valence-corrected chi connectivity index (χ1v) is 10.2. The second-order valence-electron chi connectivity index (χ2n) is 6.59. The van der Waals surface area contributed by atoms with Gasteiger partial charge in [0.1, 0.15) is 11.8 Å². The Labute approximate surface area is 181 Å². The molecule has 0 saturated heterocycles. The van der Waals surface area contributed by atoms with E-state index in [1.807, 2.05) is 42.5 Å². The summed E-state index contributed by atoms with van der Waals surface area (Å²) >= 11 is 3.55. The molecule has 1 atom stereocenters. The molecule has 2 heterocycles. The highest BCUT2D eigenvalue weighted by Gasteiger charge is 2.20. The van der Waals surface area contributed by atoms with Gasteiger partial charge in [-0.2, -0.15) is 4.52 Å². The summed E-state index contributed by atoms with van der Waals surface area (Å²) in [5.41, 5.74) is 2.19. The smallest absolute Gasteiger partial charge is 0.328 e. The third-order valence-corrected chi connectivity index (χ3v) is 5.23. The monoisotopic (exact) mass is 469 g/mol. The van der Waals surface area contributed by atoms with Crippen molar-refractivity contribution < 1.29 is 14.3 Å². The average Bonchev–Trinajstić information content (AvgIpc) is 3.21. The van der Waals surface area contributed by atoms with E-state index in [1.165, 1.54) is 0 Å². The van der Waals surface area contributed by atoms with Crippen LogP contribution >= 0.6 is 15.9 Å². The molecule has 2 aromatic carbocycles. The Morgan fingerprint density at radius 2 is 1.97 bits per heavy atom. The normalized spacial score (nSPS) is 12.1. The fourth-order valence-corrected chi connectivity index (χ4v) is 3.53. The highest BCUT2D eigenvalue weighted by Crippen LogP contribution is 2.29. The SMILES string of the molecule is CCOC(=O)[C@@H](C)Nc1nc2c(Br)cccc2c2nc(-c3ccc(OC)cc3)nn12. The molecule has 4 rings (SSSR count). The van der Waals surface area contributed by atoms with E-state index in [2.05, 4.69) is 26.3 Å². The number of anilines is 1. The molecule has 8 nitrogen and oxygen atoms in total. The summed E-state index contributed by atoms with van der Waals surface area (Å²) in [7, 11) is 1.62. The quantitative estimate of drug-likeness (QED) is 0.425. The number of ether oxygens (including phenoxy) is 2. The van der Waals surface area contributed by atoms with Crippen LogP contribution in [0, 0.1) is 0 Å². The molecular weight excluding hydrogens is 450 g/mol. The Kier molecular flexibility index (Phi) is 5.54. The van der Waals surface area contributed by atoms with E-state index < -0.39 is 6.04 Å². The molecule has 1 N–H and O–H groups in total. The fourth-order valence-electron chi connectivity index (χ4n) is 3.07. The number of hydrogen-bond donors (Lipinski definition) is 1. The number of benzene rings is 2. The van der Waals surface area contributed by atoms with Crippen LogP contribution in [0.4, 0.5) is 5.95 Å². The average molecular weight is 470 g/mol. The molecule has 0 radical (unpaired) electrons. The molecule has 30 heavy (non-hydrogen) atoms. The molecule has 0 bridgehead atoms. The maximum Gasteiger partial charge on any atom is 0.328 e. The number of aromatic nitrogens is 4. The first-order chi connectivity index (χ1) is 14.5. The maximum absolute atomic E-state index is 12.1. The number of esters is 1. The van der Waals surface area contributed by atoms with Crippen LogP contribution < -0.4 is 10.1 Å². The van der Waals surface area contributed by atoms with Crippen molar-refractivity contribution in [1.29, 1.82) is 0 Å². The number of carbonyl (C=O) groups excluding carboxylic acids is 1. The van der Waals surface area contributed by atoms with Gasteiger partial charge in [-0.05, 0) is 66.2 Å². The van der Waals surface area contributed by atoms with Gasteiger partial charge in [-0.15, -0.1) is 5.10 Å². The number of rotatable bonds is 6. The van der Waals surface area contributed by atoms with E-state index >= 15 is 0 Å². The lowest BCUT2D eigenvalue weighted by atomic mass is 10.2. The van der Waals surface area contributed by atoms with E-state index in [9.17, 15) is 4.79 Å². The topological polar surface area (TPSA) is 90.6 Å². The van der Waals surface area contributed by atoms with Crippen molar-refractivity contribution >= 4 is 44.4 Å². The van der Waals surface area contributed by atoms with Crippen molar-refractivity contribution in [2.24, 2.45) is 0 Å². The van der Waals surface area contributed by atoms with Gasteiger partial charge in [0.15, 0.2) is 11.5 Å². The largest absolute Gasteiger partial charge is 0.497 e. The molecule has 2 aromatic heterocycles. The lowest BCUT2D eigenvalue weighted by Crippen LogP contribution is -2.29. The van der Waals surface area contributed by atoms with E-state index in [1.54, 1.807) is 25.5 Å². The Balaban J connectivity index is 1.87. The van der Waals surface area contributed by atoms with Crippen molar-refractivity contribution in [1.82, 2.24) is 19.6 Å². The number of hydrogen-bond acceptors (Lipinski definition) is 7. The van der Waals surface area contributed by atoms with Crippen LogP contribution in [-0.4, -0.2) is 45.3 Å². The third kappa shape index (κ3) is 3.68. The summed E-state index contributed by atoms with van der Waals surface area (Å²) < 4.78 is 12.8. The predicted molar refractivity (Wildman–Crippen MR) is 118 cm³/mol. The molecule has 0 saturated carbocycles. The number of methoxy groups -OCH3 is 1. The molecule has 0 unspecified atom stereocenters. The Hall–Kier alpha value is -3.20. The van der Waals surface area contributed by atoms with Gasteiger partial charge in [-0.25, -0.2) is 14.8 Å². The fraction of sp³-hybridized carbons (Fsp3) is 0.238. The van der Waals surface area contributed by atoms with Crippen molar-refractivity contribution in [2.75, 3.05) is 19.0 Å². The van der Waals surface area contributed by atoms with Gasteiger partial charge < -0.3 is 14.8 Å². The van der Waals surface area contributed by atoms with Gasteiger partial charge in [0, 0.05) is 15.4 Å². The first-order valence-electron chi connectivity index (χ1n) is 9.44. The van der Waals surface area contributed by atoms with E-state index in [4.69, 9.17) is 19.4 Å². The zero-order valence-electron chi connectivity index (χ0n) is 16.7. The van der Waals surface area contributed by atoms with Crippen LogP contribution in [0.25, 0.3) is 27.9 Å². The third-order valence-electron chi connectivity index (χ3n) is 4.59. The van der Waals surface area contributed by atoms with Crippen molar-refractivity contribution in [3.63, 3.8) is 0 Å². The molecule has 0 aliphatic carbocycles. The van der Waals surface area contributed by atoms with Crippen molar-refractivity contribution in [3.05, 3.63) is 46.9 Å². The molecule has 4 aromatic rings. The van der Waals surface area contributed by atoms with Gasteiger partial charge >= 0.3 is 5.97 Å². The molecule has 0 aliphatic heterocycles. The summed E-state index contributed by atoms with van der Waals surface area (Å²) in [6, 6.07) is 12.7. The van der Waals surface area contributed by atoms with E-state index in [0.29, 0.717) is 24.0 Å². The number of fused-ring (bicyclic) bond motifs is 3. The second-order valence-corrected chi connectivity index (χ2v) is 7.44. The van der Waals surface area contributed by atoms with Gasteiger partial charge in [0.25, 0.3) is 0 Å². The van der Waals surface area contributed by atoms with Gasteiger partial charge in [-0.1, -0.05) is 6.07 Å². The minimum atomic E-state index is -0.603. The van der Waals surface area contributed by atoms with Crippen LogP contribution in [0.3, 0.4) is 0 Å². The maximum atomic E-state index is 12.1. The zero-order valence-corrected chi connectivity index (χ0v) is 18.3. The van der Waals surface area contributed by atoms with Crippen molar-refractivity contribution in [2.45, 2.75) is 19.9 Å². The first kappa shape index (κ1) is 20.1. The minimum absolute atomic E-state index is 0.307. The van der Waals surface area contributed by atoms with Gasteiger partial charge in [0.2, 0.25) is 5.95 Å². The number of para-hydroxylation sites is 1. The van der Waals surface area contributed by atoms with E-state index in [-0.39, 0.29) is 5.97 Å². The predicted octanol–water partition coefficient (Wildman–Crippen LogP) is 4.08. The summed E-state index contributed by atoms with van der Waals surface area (Å²) in [6.07, 6.45) is 0. The lowest BCUT2D eigenvalue weighted by molar-refractivity contribution is -0.143. The summed E-state index contributed by atoms with van der Waals surface area (Å²) in [6.45, 7) is 3.80. The minimum Gasteiger partial charge on any atom is -0.497 e. The Morgan fingerprint density at radius 1 is 1.20 bits per heavy atom. The summed E-state index contributed by atoms with van der Waals surface area (Å²) in [5, 5.41) is 8.59. The molecule has 0 spiro atoms. The highest BCUT2D eigenvalue weighted by molar-refractivity contribution is 9.10. The molecule has 0 amide bonds. The van der Waals surface area contributed by atoms with Crippen LogP contribution in [0.2, 0.25) is 0 Å². The van der Waals surface area contributed by atoms with Crippen LogP contribution in [0.5, 0.6) is 5.75 Å². The van der Waals surface area contributed by atoms with Crippen LogP contribution in [-0.2, 0) is 9.53 Å². The molecular formula is C21H20BrN5O3. The lowest BCUT2D eigenvalue weighted by Gasteiger charge is -2.14. The van der Waals surface area contributed by atoms with Crippen LogP contribution in [0.1, 0.15) is 13.8 Å². The van der Waals surface area contributed by atoms with Gasteiger partial charge in [-0.3, -0.25) is 0 Å². The second kappa shape index (κ2) is 8.27. The molecule has 154 valence electrons. The molecule has 0 fully saturated rings. The number of halogens is 1. The summed E-state index contributed by atoms with van der Waals surface area (Å²) in [4.78, 5) is 21.6. The Bertz CT molecular complexity index is 1220. The van der Waals surface area contributed by atoms with Crippen LogP contribution in [0.15, 0.2) is 46.9 Å². The number of nitrogens with zero attached hydrogens (tertiary/aromatic N) is 4.